The summed E-state index contributed by atoms with van der Waals surface area (Å²) < 4.78 is 67.9. The molecule has 0 unspecified atom stereocenters. The molecule has 12 heteroatoms. The van der Waals surface area contributed by atoms with Crippen LogP contribution in [-0.4, -0.2) is 38.4 Å². The molecule has 1 N–H and O–H groups in total. The second-order valence-corrected chi connectivity index (χ2v) is 8.33. The first-order valence-corrected chi connectivity index (χ1v) is 11.9. The number of benzene rings is 2. The third kappa shape index (κ3) is 5.31. The van der Waals surface area contributed by atoms with Gasteiger partial charge in [-0.2, -0.15) is 5.10 Å². The number of nitrogens with zero attached hydrogens (tertiary/aromatic N) is 5. The van der Waals surface area contributed by atoms with E-state index in [1.54, 1.807) is 31.2 Å². The Morgan fingerprint density at radius 1 is 1.03 bits per heavy atom. The molecule has 0 amide bonds. The van der Waals surface area contributed by atoms with Crippen molar-refractivity contribution >= 4 is 22.4 Å². The molecular weight excluding hydrogens is 516 g/mol. The van der Waals surface area contributed by atoms with Crippen molar-refractivity contribution in [1.29, 1.82) is 0 Å². The Bertz CT molecular complexity index is 1620. The first-order valence-electron chi connectivity index (χ1n) is 11.9. The summed E-state index contributed by atoms with van der Waals surface area (Å²) in [6.45, 7) is 1.80. The molecular formula is C27H22F4N6O2. The van der Waals surface area contributed by atoms with Crippen LogP contribution in [0, 0.1) is 11.6 Å². The maximum atomic E-state index is 14.8. The van der Waals surface area contributed by atoms with Crippen LogP contribution >= 0.6 is 0 Å². The van der Waals surface area contributed by atoms with E-state index >= 15 is 0 Å². The molecule has 0 spiro atoms. The molecule has 5 aromatic rings. The number of hydrogen-bond acceptors (Lipinski definition) is 7. The number of anilines is 2. The zero-order valence-electron chi connectivity index (χ0n) is 20.8. The van der Waals surface area contributed by atoms with Gasteiger partial charge in [0.1, 0.15) is 28.8 Å². The summed E-state index contributed by atoms with van der Waals surface area (Å²) in [4.78, 5) is 12.5. The number of para-hydroxylation sites is 1. The minimum atomic E-state index is -2.74. The van der Waals surface area contributed by atoms with Crippen LogP contribution in [0.1, 0.15) is 24.6 Å². The lowest BCUT2D eigenvalue weighted by molar-refractivity contribution is 0.146. The number of halogens is 4. The fourth-order valence-corrected chi connectivity index (χ4v) is 4.05. The topological polar surface area (TPSA) is 87.0 Å². The Hall–Kier alpha value is -4.74. The van der Waals surface area contributed by atoms with Gasteiger partial charge in [0.25, 0.3) is 6.43 Å². The Morgan fingerprint density at radius 3 is 2.51 bits per heavy atom. The van der Waals surface area contributed by atoms with Crippen LogP contribution in [0.15, 0.2) is 60.9 Å². The third-order valence-electron chi connectivity index (χ3n) is 5.85. The lowest BCUT2D eigenvalue weighted by Gasteiger charge is -2.11. The monoisotopic (exact) mass is 538 g/mol. The maximum absolute atomic E-state index is 14.8. The molecule has 39 heavy (non-hydrogen) atoms. The number of hydrogen-bond donors (Lipinski definition) is 1. The highest BCUT2D eigenvalue weighted by Gasteiger charge is 2.20. The zero-order chi connectivity index (χ0) is 27.5. The second-order valence-electron chi connectivity index (χ2n) is 8.33. The van der Waals surface area contributed by atoms with E-state index in [2.05, 4.69) is 25.4 Å². The van der Waals surface area contributed by atoms with E-state index in [9.17, 15) is 17.6 Å². The average molecular weight is 539 g/mol. The van der Waals surface area contributed by atoms with E-state index in [0.717, 1.165) is 12.1 Å². The quantitative estimate of drug-likeness (QED) is 0.220. The lowest BCUT2D eigenvalue weighted by Crippen LogP contribution is -2.07. The average Bonchev–Trinajstić information content (AvgIpc) is 3.29. The van der Waals surface area contributed by atoms with Gasteiger partial charge in [-0.1, -0.05) is 18.2 Å². The minimum absolute atomic E-state index is 0.101. The van der Waals surface area contributed by atoms with Crippen LogP contribution in [-0.2, 0) is 6.54 Å². The number of alkyl halides is 2. The van der Waals surface area contributed by atoms with Gasteiger partial charge >= 0.3 is 0 Å². The van der Waals surface area contributed by atoms with Gasteiger partial charge in [-0.15, -0.1) is 0 Å². The number of pyridine rings is 1. The van der Waals surface area contributed by atoms with Gasteiger partial charge in [0, 0.05) is 35.0 Å². The maximum Gasteiger partial charge on any atom is 0.280 e. The first kappa shape index (κ1) is 25.9. The highest BCUT2D eigenvalue weighted by Crippen LogP contribution is 2.32. The second kappa shape index (κ2) is 10.9. The smallest absolute Gasteiger partial charge is 0.280 e. The van der Waals surface area contributed by atoms with Crippen molar-refractivity contribution in [2.24, 2.45) is 0 Å². The molecule has 8 nitrogen and oxygen atoms in total. The normalized spacial score (nSPS) is 11.3. The van der Waals surface area contributed by atoms with Gasteiger partial charge in [0.05, 0.1) is 32.0 Å². The van der Waals surface area contributed by atoms with Crippen molar-refractivity contribution in [3.8, 4) is 23.0 Å². The van der Waals surface area contributed by atoms with Crippen molar-refractivity contribution in [3.05, 3.63) is 83.8 Å². The SMILES string of the molecule is CCOc1cc(F)c(Cn2nc(-c3ncc(OC)c(Nc4ccnc(C(F)F)c4)n3)c3ccccc32)c(F)c1. The third-order valence-corrected chi connectivity index (χ3v) is 5.85. The highest BCUT2D eigenvalue weighted by atomic mass is 19.3. The summed E-state index contributed by atoms with van der Waals surface area (Å²) in [6.07, 6.45) is -0.0679. The summed E-state index contributed by atoms with van der Waals surface area (Å²) in [7, 11) is 1.42. The lowest BCUT2D eigenvalue weighted by atomic mass is 10.1. The van der Waals surface area contributed by atoms with Gasteiger partial charge in [-0.25, -0.2) is 27.5 Å². The molecule has 0 aliphatic heterocycles. The summed E-state index contributed by atoms with van der Waals surface area (Å²) in [6, 6.07) is 12.1. The molecule has 200 valence electrons. The van der Waals surface area contributed by atoms with E-state index < -0.39 is 23.8 Å². The Kier molecular flexibility index (Phi) is 7.26. The fourth-order valence-electron chi connectivity index (χ4n) is 4.05. The van der Waals surface area contributed by atoms with E-state index in [-0.39, 0.29) is 41.9 Å². The van der Waals surface area contributed by atoms with Crippen LogP contribution < -0.4 is 14.8 Å². The largest absolute Gasteiger partial charge is 0.494 e. The molecule has 0 aliphatic carbocycles. The molecule has 0 fully saturated rings. The van der Waals surface area contributed by atoms with Crippen molar-refractivity contribution in [3.63, 3.8) is 0 Å². The van der Waals surface area contributed by atoms with Crippen molar-refractivity contribution in [2.75, 3.05) is 19.0 Å². The molecule has 3 aromatic heterocycles. The number of aromatic nitrogens is 5. The Morgan fingerprint density at radius 2 is 1.79 bits per heavy atom. The van der Waals surface area contributed by atoms with E-state index in [4.69, 9.17) is 9.47 Å². The van der Waals surface area contributed by atoms with Crippen LogP contribution in [0.3, 0.4) is 0 Å². The number of methoxy groups -OCH3 is 1. The molecule has 2 aromatic carbocycles. The fraction of sp³-hybridized carbons (Fsp3) is 0.185. The summed E-state index contributed by atoms with van der Waals surface area (Å²) in [5.41, 5.74) is 0.700. The van der Waals surface area contributed by atoms with Gasteiger partial charge in [-0.05, 0) is 25.1 Å². The number of fused-ring (bicyclic) bond motifs is 1. The summed E-state index contributed by atoms with van der Waals surface area (Å²) in [5.74, 6) is -0.764. The van der Waals surface area contributed by atoms with Crippen molar-refractivity contribution in [2.45, 2.75) is 19.9 Å². The minimum Gasteiger partial charge on any atom is -0.494 e. The molecule has 0 aliphatic rings. The number of nitrogens with one attached hydrogen (secondary N) is 1. The van der Waals surface area contributed by atoms with Crippen LogP contribution in [0.5, 0.6) is 11.5 Å². The molecule has 3 heterocycles. The number of rotatable bonds is 9. The van der Waals surface area contributed by atoms with E-state index in [1.807, 2.05) is 0 Å². The van der Waals surface area contributed by atoms with Gasteiger partial charge in [-0.3, -0.25) is 9.67 Å². The molecule has 5 rings (SSSR count). The molecule has 0 saturated heterocycles. The summed E-state index contributed by atoms with van der Waals surface area (Å²) in [5, 5.41) is 8.19. The van der Waals surface area contributed by atoms with Gasteiger partial charge in [0.2, 0.25) is 0 Å². The standard InChI is InChI=1S/C27H22F4N6O2/c1-3-39-16-11-19(28)18(20(29)12-16)14-37-22-7-5-4-6-17(22)24(36-37)27-33-13-23(38-2)26(35-27)34-15-8-9-32-21(10-15)25(30)31/h4-13,25H,3,14H2,1-2H3,(H,32,33,34,35). The molecule has 0 atom stereocenters. The van der Waals surface area contributed by atoms with Crippen molar-refractivity contribution in [1.82, 2.24) is 24.7 Å². The highest BCUT2D eigenvalue weighted by molar-refractivity contribution is 5.92. The van der Waals surface area contributed by atoms with Crippen molar-refractivity contribution < 1.29 is 27.0 Å². The van der Waals surface area contributed by atoms with Gasteiger partial charge in [0.15, 0.2) is 17.4 Å². The molecule has 0 radical (unpaired) electrons. The van der Waals surface area contributed by atoms with Crippen LogP contribution in [0.4, 0.5) is 29.1 Å². The van der Waals surface area contributed by atoms with E-state index in [0.29, 0.717) is 22.3 Å². The predicted octanol–water partition coefficient (Wildman–Crippen LogP) is 6.30. The first-order chi connectivity index (χ1) is 18.9. The molecule has 0 bridgehead atoms. The van der Waals surface area contributed by atoms with Crippen LogP contribution in [0.2, 0.25) is 0 Å². The van der Waals surface area contributed by atoms with Gasteiger partial charge < -0.3 is 14.8 Å². The predicted molar refractivity (Wildman–Crippen MR) is 136 cm³/mol. The Balaban J connectivity index is 1.55. The molecule has 0 saturated carbocycles. The Labute approximate surface area is 220 Å². The van der Waals surface area contributed by atoms with E-state index in [1.165, 1.54) is 36.3 Å². The number of ether oxygens (including phenoxy) is 2. The zero-order valence-corrected chi connectivity index (χ0v) is 20.8. The van der Waals surface area contributed by atoms with Crippen LogP contribution in [0.25, 0.3) is 22.4 Å². The summed E-state index contributed by atoms with van der Waals surface area (Å²) >= 11 is 0.